The second-order valence-electron chi connectivity index (χ2n) is 6.65. The van der Waals surface area contributed by atoms with Crippen molar-refractivity contribution < 1.29 is 22.7 Å². The van der Waals surface area contributed by atoms with Crippen molar-refractivity contribution in [3.63, 3.8) is 0 Å². The molecule has 2 N–H and O–H groups in total. The van der Waals surface area contributed by atoms with Gasteiger partial charge in [-0.1, -0.05) is 31.0 Å². The van der Waals surface area contributed by atoms with Crippen molar-refractivity contribution >= 4 is 5.91 Å². The van der Waals surface area contributed by atoms with Gasteiger partial charge in [0.15, 0.2) is 0 Å². The molecule has 2 atom stereocenters. The summed E-state index contributed by atoms with van der Waals surface area (Å²) in [5, 5.41) is 0. The SMILES string of the molecule is CN(Cc1ccccc1OC(F)(F)F)C(=O)C1CCCCC1(C)N. The van der Waals surface area contributed by atoms with Crippen molar-refractivity contribution in [1.29, 1.82) is 0 Å². The van der Waals surface area contributed by atoms with Gasteiger partial charge in [0.2, 0.25) is 5.91 Å². The Hall–Kier alpha value is -1.76. The van der Waals surface area contributed by atoms with E-state index in [0.717, 1.165) is 19.3 Å². The molecular weight excluding hydrogens is 321 g/mol. The molecule has 2 rings (SSSR count). The molecule has 1 aromatic carbocycles. The van der Waals surface area contributed by atoms with E-state index in [1.165, 1.54) is 23.1 Å². The quantitative estimate of drug-likeness (QED) is 0.910. The van der Waals surface area contributed by atoms with Gasteiger partial charge in [-0.05, 0) is 25.8 Å². The second kappa shape index (κ2) is 7.01. The number of nitrogens with two attached hydrogens (primary N) is 1. The van der Waals surface area contributed by atoms with Gasteiger partial charge in [-0.3, -0.25) is 4.79 Å². The van der Waals surface area contributed by atoms with Crippen molar-refractivity contribution in [3.05, 3.63) is 29.8 Å². The Bertz CT molecular complexity index is 587. The minimum absolute atomic E-state index is 0.0394. The van der Waals surface area contributed by atoms with E-state index in [0.29, 0.717) is 12.0 Å². The maximum atomic E-state index is 12.7. The number of alkyl halides is 3. The van der Waals surface area contributed by atoms with Crippen LogP contribution in [-0.2, 0) is 11.3 Å². The van der Waals surface area contributed by atoms with Crippen LogP contribution in [0.4, 0.5) is 13.2 Å². The average Bonchev–Trinajstić information content (AvgIpc) is 2.46. The van der Waals surface area contributed by atoms with Gasteiger partial charge in [-0.25, -0.2) is 0 Å². The Morgan fingerprint density at radius 1 is 1.38 bits per heavy atom. The van der Waals surface area contributed by atoms with Crippen LogP contribution in [0.15, 0.2) is 24.3 Å². The molecule has 24 heavy (non-hydrogen) atoms. The van der Waals surface area contributed by atoms with E-state index in [1.54, 1.807) is 13.1 Å². The predicted octanol–water partition coefficient (Wildman–Crippen LogP) is 3.45. The van der Waals surface area contributed by atoms with E-state index in [4.69, 9.17) is 5.73 Å². The molecule has 0 aliphatic heterocycles. The summed E-state index contributed by atoms with van der Waals surface area (Å²) in [5.74, 6) is -0.739. The second-order valence-corrected chi connectivity index (χ2v) is 6.65. The Kier molecular flexibility index (Phi) is 5.42. The zero-order valence-electron chi connectivity index (χ0n) is 13.9. The molecule has 2 unspecified atom stereocenters. The number of ether oxygens (including phenoxy) is 1. The summed E-state index contributed by atoms with van der Waals surface area (Å²) in [6, 6.07) is 5.84. The highest BCUT2D eigenvalue weighted by Crippen LogP contribution is 2.33. The van der Waals surface area contributed by atoms with Crippen LogP contribution in [0.25, 0.3) is 0 Å². The van der Waals surface area contributed by atoms with Crippen molar-refractivity contribution in [1.82, 2.24) is 4.90 Å². The van der Waals surface area contributed by atoms with Crippen LogP contribution in [0.1, 0.15) is 38.2 Å². The number of para-hydroxylation sites is 1. The number of carbonyl (C=O) groups is 1. The summed E-state index contributed by atoms with van der Waals surface area (Å²) < 4.78 is 41.5. The number of halogens is 3. The lowest BCUT2D eigenvalue weighted by Gasteiger charge is -2.39. The zero-order chi connectivity index (χ0) is 18.0. The zero-order valence-corrected chi connectivity index (χ0v) is 13.9. The number of hydrogen-bond acceptors (Lipinski definition) is 3. The molecule has 0 radical (unpaired) electrons. The van der Waals surface area contributed by atoms with Crippen molar-refractivity contribution in [2.45, 2.75) is 51.1 Å². The highest BCUT2D eigenvalue weighted by Gasteiger charge is 2.39. The number of nitrogens with zero attached hydrogens (tertiary/aromatic N) is 1. The fourth-order valence-electron chi connectivity index (χ4n) is 3.22. The standard InChI is InChI=1S/C17H23F3N2O2/c1-16(21)10-6-5-8-13(16)15(23)22(2)11-12-7-3-4-9-14(12)24-17(18,19)20/h3-4,7,9,13H,5-6,8,10-11,21H2,1-2H3. The molecule has 0 spiro atoms. The third kappa shape index (κ3) is 4.63. The van der Waals surface area contributed by atoms with Crippen LogP contribution in [0, 0.1) is 5.92 Å². The van der Waals surface area contributed by atoms with Crippen LogP contribution in [0.3, 0.4) is 0 Å². The van der Waals surface area contributed by atoms with Crippen molar-refractivity contribution in [3.8, 4) is 5.75 Å². The lowest BCUT2D eigenvalue weighted by molar-refractivity contribution is -0.275. The van der Waals surface area contributed by atoms with Crippen LogP contribution in [-0.4, -0.2) is 29.8 Å². The van der Waals surface area contributed by atoms with E-state index in [1.807, 2.05) is 6.92 Å². The molecule has 1 aliphatic rings. The van der Waals surface area contributed by atoms with Gasteiger partial charge in [0.25, 0.3) is 0 Å². The monoisotopic (exact) mass is 344 g/mol. The highest BCUT2D eigenvalue weighted by atomic mass is 19.4. The molecule has 1 amide bonds. The Morgan fingerprint density at radius 3 is 2.67 bits per heavy atom. The summed E-state index contributed by atoms with van der Waals surface area (Å²) in [5.41, 5.74) is 5.97. The third-order valence-electron chi connectivity index (χ3n) is 4.53. The molecule has 0 bridgehead atoms. The Morgan fingerprint density at radius 2 is 2.04 bits per heavy atom. The van der Waals surface area contributed by atoms with Gasteiger partial charge in [0, 0.05) is 24.7 Å². The van der Waals surface area contributed by atoms with E-state index in [-0.39, 0.29) is 24.1 Å². The third-order valence-corrected chi connectivity index (χ3v) is 4.53. The molecule has 0 heterocycles. The molecule has 1 aromatic rings. The van der Waals surface area contributed by atoms with Crippen LogP contribution >= 0.6 is 0 Å². The highest BCUT2D eigenvalue weighted by molar-refractivity contribution is 5.80. The van der Waals surface area contributed by atoms with Crippen molar-refractivity contribution in [2.24, 2.45) is 11.7 Å². The number of amides is 1. The fourth-order valence-corrected chi connectivity index (χ4v) is 3.22. The average molecular weight is 344 g/mol. The van der Waals surface area contributed by atoms with Crippen LogP contribution in [0.2, 0.25) is 0 Å². The van der Waals surface area contributed by atoms with E-state index >= 15 is 0 Å². The lowest BCUT2D eigenvalue weighted by atomic mass is 9.74. The number of carbonyl (C=O) groups excluding carboxylic acids is 1. The molecule has 7 heteroatoms. The lowest BCUT2D eigenvalue weighted by Crippen LogP contribution is -2.53. The van der Waals surface area contributed by atoms with Crippen LogP contribution in [0.5, 0.6) is 5.75 Å². The summed E-state index contributed by atoms with van der Waals surface area (Å²) in [7, 11) is 1.58. The summed E-state index contributed by atoms with van der Waals surface area (Å²) in [6.07, 6.45) is -1.37. The summed E-state index contributed by atoms with van der Waals surface area (Å²) in [6.45, 7) is 1.90. The van der Waals surface area contributed by atoms with Gasteiger partial charge in [0.05, 0.1) is 5.92 Å². The topological polar surface area (TPSA) is 55.6 Å². The van der Waals surface area contributed by atoms with Gasteiger partial charge >= 0.3 is 6.36 Å². The minimum atomic E-state index is -4.77. The first-order chi connectivity index (χ1) is 11.1. The number of hydrogen-bond donors (Lipinski definition) is 1. The Balaban J connectivity index is 2.12. The van der Waals surface area contributed by atoms with E-state index in [2.05, 4.69) is 4.74 Å². The molecule has 0 aromatic heterocycles. The maximum Gasteiger partial charge on any atom is 0.573 e. The van der Waals surface area contributed by atoms with Gasteiger partial charge < -0.3 is 15.4 Å². The van der Waals surface area contributed by atoms with Crippen LogP contribution < -0.4 is 10.5 Å². The molecule has 1 aliphatic carbocycles. The van der Waals surface area contributed by atoms with Gasteiger partial charge in [-0.2, -0.15) is 0 Å². The first-order valence-corrected chi connectivity index (χ1v) is 7.98. The smallest absolute Gasteiger partial charge is 0.405 e. The molecule has 134 valence electrons. The molecule has 0 saturated heterocycles. The first-order valence-electron chi connectivity index (χ1n) is 7.98. The van der Waals surface area contributed by atoms with Gasteiger partial charge in [-0.15, -0.1) is 13.2 Å². The normalized spacial score (nSPS) is 24.5. The predicted molar refractivity (Wildman–Crippen MR) is 84.1 cm³/mol. The minimum Gasteiger partial charge on any atom is -0.405 e. The Labute approximate surface area is 139 Å². The maximum absolute atomic E-state index is 12.7. The fraction of sp³-hybridized carbons (Fsp3) is 0.588. The molecule has 1 fully saturated rings. The summed E-state index contributed by atoms with van der Waals surface area (Å²) in [4.78, 5) is 14.1. The van der Waals surface area contributed by atoms with E-state index in [9.17, 15) is 18.0 Å². The molecular formula is C17H23F3N2O2. The molecule has 4 nitrogen and oxygen atoms in total. The van der Waals surface area contributed by atoms with Crippen molar-refractivity contribution in [2.75, 3.05) is 7.05 Å². The van der Waals surface area contributed by atoms with Gasteiger partial charge in [0.1, 0.15) is 5.75 Å². The molecule has 1 saturated carbocycles. The van der Waals surface area contributed by atoms with E-state index < -0.39 is 11.9 Å². The summed E-state index contributed by atoms with van der Waals surface area (Å²) >= 11 is 0. The number of benzene rings is 1. The first kappa shape index (κ1) is 18.6. The number of rotatable bonds is 4. The largest absolute Gasteiger partial charge is 0.573 e.